The van der Waals surface area contributed by atoms with Gasteiger partial charge in [0.25, 0.3) is 0 Å². The van der Waals surface area contributed by atoms with E-state index >= 15 is 0 Å². The van der Waals surface area contributed by atoms with Gasteiger partial charge in [-0.05, 0) is 36.8 Å². The minimum absolute atomic E-state index is 0.321. The number of aromatic nitrogens is 2. The van der Waals surface area contributed by atoms with Crippen LogP contribution in [0.15, 0.2) is 30.6 Å². The van der Waals surface area contributed by atoms with Crippen molar-refractivity contribution >= 4 is 17.3 Å². The molecule has 8 heteroatoms. The number of ether oxygens (including phenoxy) is 2. The van der Waals surface area contributed by atoms with Crippen LogP contribution in [0.3, 0.4) is 0 Å². The summed E-state index contributed by atoms with van der Waals surface area (Å²) >= 11 is 5.57. The molecule has 4 rings (SSSR count). The lowest BCUT2D eigenvalue weighted by Crippen LogP contribution is -2.51. The maximum absolute atomic E-state index is 5.57. The van der Waals surface area contributed by atoms with E-state index < -0.39 is 0 Å². The summed E-state index contributed by atoms with van der Waals surface area (Å²) in [6.45, 7) is 8.77. The van der Waals surface area contributed by atoms with Crippen LogP contribution < -0.4 is 14.8 Å². The number of hydrogen-bond acceptors (Lipinski definition) is 5. The second kappa shape index (κ2) is 8.14. The summed E-state index contributed by atoms with van der Waals surface area (Å²) in [5, 5.41) is 8.47. The zero-order valence-electron chi connectivity index (χ0n) is 15.6. The summed E-state index contributed by atoms with van der Waals surface area (Å²) < 4.78 is 12.8. The Bertz CT molecular complexity index is 801. The van der Waals surface area contributed by atoms with Crippen LogP contribution in [0.25, 0.3) is 0 Å². The van der Waals surface area contributed by atoms with Gasteiger partial charge in [0.1, 0.15) is 0 Å². The fraction of sp³-hybridized carbons (Fsp3) is 0.474. The zero-order valence-corrected chi connectivity index (χ0v) is 16.4. The maximum Gasteiger partial charge on any atom is 0.231 e. The monoisotopic (exact) mass is 387 g/mol. The van der Waals surface area contributed by atoms with E-state index in [-0.39, 0.29) is 0 Å². The van der Waals surface area contributed by atoms with E-state index in [0.29, 0.717) is 6.79 Å². The summed E-state index contributed by atoms with van der Waals surface area (Å²) in [6.07, 6.45) is 3.95. The van der Waals surface area contributed by atoms with Crippen molar-refractivity contribution in [2.75, 3.05) is 33.0 Å². The molecule has 3 heterocycles. The Labute approximate surface area is 164 Å². The molecule has 2 aliphatic rings. The molecular formula is C19H25N5O2S. The van der Waals surface area contributed by atoms with Crippen molar-refractivity contribution in [2.24, 2.45) is 0 Å². The molecule has 1 saturated heterocycles. The number of nitrogens with zero attached hydrogens (tertiary/aromatic N) is 4. The molecule has 0 unspecified atom stereocenters. The van der Waals surface area contributed by atoms with Gasteiger partial charge in [-0.25, -0.2) is 0 Å². The van der Waals surface area contributed by atoms with E-state index in [2.05, 4.69) is 45.5 Å². The van der Waals surface area contributed by atoms with Crippen molar-refractivity contribution in [2.45, 2.75) is 26.6 Å². The summed E-state index contributed by atoms with van der Waals surface area (Å²) in [7, 11) is 0. The van der Waals surface area contributed by atoms with Gasteiger partial charge in [0.05, 0.1) is 6.20 Å². The Morgan fingerprint density at radius 1 is 1.15 bits per heavy atom. The van der Waals surface area contributed by atoms with E-state index in [4.69, 9.17) is 21.7 Å². The van der Waals surface area contributed by atoms with Gasteiger partial charge in [-0.15, -0.1) is 0 Å². The van der Waals surface area contributed by atoms with Crippen molar-refractivity contribution in [3.63, 3.8) is 0 Å². The van der Waals surface area contributed by atoms with E-state index in [0.717, 1.165) is 68.0 Å². The van der Waals surface area contributed by atoms with Crippen molar-refractivity contribution < 1.29 is 9.47 Å². The van der Waals surface area contributed by atoms with E-state index in [1.165, 1.54) is 5.56 Å². The third-order valence-corrected chi connectivity index (χ3v) is 5.36. The van der Waals surface area contributed by atoms with Crippen LogP contribution >= 0.6 is 12.2 Å². The molecule has 0 saturated carbocycles. The van der Waals surface area contributed by atoms with Crippen molar-refractivity contribution in [3.8, 4) is 11.5 Å². The Hall–Kier alpha value is -2.32. The van der Waals surface area contributed by atoms with E-state index in [1.54, 1.807) is 0 Å². The first-order chi connectivity index (χ1) is 13.2. The van der Waals surface area contributed by atoms with Crippen molar-refractivity contribution in [1.29, 1.82) is 0 Å². The standard InChI is InChI=1S/C19H25N5O2S/c1-2-24-13-16(11-21-24)10-20-19(27)23-7-5-22(6-8-23)12-15-3-4-17-18(9-15)26-14-25-17/h3-4,9,11,13H,2,5-8,10,12,14H2,1H3,(H,20,27). The normalized spacial score (nSPS) is 16.6. The lowest BCUT2D eigenvalue weighted by molar-refractivity contribution is 0.172. The van der Waals surface area contributed by atoms with Crippen molar-refractivity contribution in [3.05, 3.63) is 41.7 Å². The predicted octanol–water partition coefficient (Wildman–Crippen LogP) is 1.82. The SMILES string of the molecule is CCn1cc(CNC(=S)N2CCN(Cc3ccc4c(c3)OCO4)CC2)cn1. The number of hydrogen-bond donors (Lipinski definition) is 1. The Balaban J connectivity index is 1.23. The summed E-state index contributed by atoms with van der Waals surface area (Å²) in [4.78, 5) is 4.69. The van der Waals surface area contributed by atoms with Gasteiger partial charge in [-0.2, -0.15) is 5.10 Å². The predicted molar refractivity (Wildman–Crippen MR) is 107 cm³/mol. The quantitative estimate of drug-likeness (QED) is 0.786. The fourth-order valence-electron chi connectivity index (χ4n) is 3.37. The molecule has 1 aromatic carbocycles. The van der Waals surface area contributed by atoms with Gasteiger partial charge in [-0.3, -0.25) is 9.58 Å². The third-order valence-electron chi connectivity index (χ3n) is 4.96. The molecule has 0 aliphatic carbocycles. The van der Waals surface area contributed by atoms with Gasteiger partial charge in [0.15, 0.2) is 16.6 Å². The molecular weight excluding hydrogens is 362 g/mol. The number of fused-ring (bicyclic) bond motifs is 1. The average Bonchev–Trinajstić information content (AvgIpc) is 3.35. The molecule has 0 bridgehead atoms. The molecule has 7 nitrogen and oxygen atoms in total. The second-order valence-electron chi connectivity index (χ2n) is 6.81. The molecule has 2 aliphatic heterocycles. The number of thiocarbonyl (C=S) groups is 1. The molecule has 144 valence electrons. The first-order valence-corrected chi connectivity index (χ1v) is 9.77. The minimum Gasteiger partial charge on any atom is -0.454 e. The highest BCUT2D eigenvalue weighted by molar-refractivity contribution is 7.80. The second-order valence-corrected chi connectivity index (χ2v) is 7.20. The smallest absolute Gasteiger partial charge is 0.231 e. The maximum atomic E-state index is 5.57. The Morgan fingerprint density at radius 3 is 2.74 bits per heavy atom. The fourth-order valence-corrected chi connectivity index (χ4v) is 3.62. The van der Waals surface area contributed by atoms with Crippen LogP contribution in [-0.4, -0.2) is 57.7 Å². The van der Waals surface area contributed by atoms with Gasteiger partial charge in [0.2, 0.25) is 6.79 Å². The van der Waals surface area contributed by atoms with Crippen LogP contribution in [0.1, 0.15) is 18.1 Å². The zero-order chi connectivity index (χ0) is 18.6. The lowest BCUT2D eigenvalue weighted by atomic mass is 10.1. The molecule has 2 aromatic rings. The van der Waals surface area contributed by atoms with Crippen molar-refractivity contribution in [1.82, 2.24) is 24.9 Å². The number of aryl methyl sites for hydroxylation is 1. The van der Waals surface area contributed by atoms with E-state index in [1.807, 2.05) is 16.9 Å². The highest BCUT2D eigenvalue weighted by Crippen LogP contribution is 2.32. The molecule has 0 atom stereocenters. The number of rotatable bonds is 5. The molecule has 1 N–H and O–H groups in total. The van der Waals surface area contributed by atoms with Crippen LogP contribution in [0.5, 0.6) is 11.5 Å². The summed E-state index contributed by atoms with van der Waals surface area (Å²) in [5.41, 5.74) is 2.40. The van der Waals surface area contributed by atoms with Crippen LogP contribution in [-0.2, 0) is 19.6 Å². The van der Waals surface area contributed by atoms with Gasteiger partial charge in [0, 0.05) is 57.6 Å². The van der Waals surface area contributed by atoms with Gasteiger partial charge in [-0.1, -0.05) is 6.07 Å². The highest BCUT2D eigenvalue weighted by atomic mass is 32.1. The highest BCUT2D eigenvalue weighted by Gasteiger charge is 2.20. The molecule has 0 amide bonds. The van der Waals surface area contributed by atoms with Crippen LogP contribution in [0.4, 0.5) is 0 Å². The first-order valence-electron chi connectivity index (χ1n) is 9.36. The molecule has 27 heavy (non-hydrogen) atoms. The minimum atomic E-state index is 0.321. The van der Waals surface area contributed by atoms with Gasteiger partial charge >= 0.3 is 0 Å². The number of piperazine rings is 1. The van der Waals surface area contributed by atoms with Crippen LogP contribution in [0, 0.1) is 0 Å². The Morgan fingerprint density at radius 2 is 1.96 bits per heavy atom. The third kappa shape index (κ3) is 4.33. The first kappa shape index (κ1) is 18.1. The number of benzene rings is 1. The van der Waals surface area contributed by atoms with Crippen LogP contribution in [0.2, 0.25) is 0 Å². The summed E-state index contributed by atoms with van der Waals surface area (Å²) in [5.74, 6) is 1.69. The number of nitrogens with one attached hydrogen (secondary N) is 1. The molecule has 0 radical (unpaired) electrons. The average molecular weight is 388 g/mol. The summed E-state index contributed by atoms with van der Waals surface area (Å²) in [6, 6.07) is 6.19. The molecule has 1 aromatic heterocycles. The molecule has 0 spiro atoms. The largest absolute Gasteiger partial charge is 0.454 e. The topological polar surface area (TPSA) is 54.8 Å². The molecule has 1 fully saturated rings. The Kier molecular flexibility index (Phi) is 5.45. The van der Waals surface area contributed by atoms with Gasteiger partial charge < -0.3 is 19.7 Å². The lowest BCUT2D eigenvalue weighted by Gasteiger charge is -2.36. The van der Waals surface area contributed by atoms with E-state index in [9.17, 15) is 0 Å².